The Kier molecular flexibility index (Phi) is 6.54. The quantitative estimate of drug-likeness (QED) is 0.672. The summed E-state index contributed by atoms with van der Waals surface area (Å²) in [6.45, 7) is 0.355. The number of ether oxygens (including phenoxy) is 2. The molecule has 7 nitrogen and oxygen atoms in total. The highest BCUT2D eigenvalue weighted by Crippen LogP contribution is 2.37. The second-order valence-electron chi connectivity index (χ2n) is 6.76. The van der Waals surface area contributed by atoms with Gasteiger partial charge in [0.25, 0.3) is 5.91 Å². The van der Waals surface area contributed by atoms with E-state index in [9.17, 15) is 13.2 Å². The first-order chi connectivity index (χ1) is 13.8. The van der Waals surface area contributed by atoms with Crippen LogP contribution in [0.15, 0.2) is 42.5 Å². The minimum absolute atomic E-state index is 0.101. The molecule has 1 heterocycles. The van der Waals surface area contributed by atoms with Gasteiger partial charge in [0, 0.05) is 11.6 Å². The zero-order valence-corrected chi connectivity index (χ0v) is 17.8. The Labute approximate surface area is 175 Å². The van der Waals surface area contributed by atoms with Crippen LogP contribution >= 0.6 is 11.6 Å². The summed E-state index contributed by atoms with van der Waals surface area (Å²) in [5.41, 5.74) is 1.48. The Balaban J connectivity index is 1.58. The number of amides is 1. The standard InChI is InChI=1S/C20H23ClN2O5S/c1-27-16-8-5-14(6-9-16)4-3-11-22-20(24)19-13-23(29(2,25)26)17-12-15(21)7-10-18(17)28-19/h5-10,12,19H,3-4,11,13H2,1-2H3,(H,22,24)/t19-/m0/s1. The minimum Gasteiger partial charge on any atom is -0.497 e. The molecule has 0 bridgehead atoms. The summed E-state index contributed by atoms with van der Waals surface area (Å²) in [5, 5.41) is 3.21. The summed E-state index contributed by atoms with van der Waals surface area (Å²) in [7, 11) is -1.96. The second kappa shape index (κ2) is 8.92. The van der Waals surface area contributed by atoms with Crippen molar-refractivity contribution in [3.05, 3.63) is 53.1 Å². The molecular weight excluding hydrogens is 416 g/mol. The van der Waals surface area contributed by atoms with Crippen molar-refractivity contribution in [1.29, 1.82) is 0 Å². The molecule has 1 aliphatic rings. The van der Waals surface area contributed by atoms with Crippen molar-refractivity contribution in [2.45, 2.75) is 18.9 Å². The molecule has 0 radical (unpaired) electrons. The van der Waals surface area contributed by atoms with Gasteiger partial charge in [0.05, 0.1) is 25.6 Å². The van der Waals surface area contributed by atoms with Crippen molar-refractivity contribution < 1.29 is 22.7 Å². The van der Waals surface area contributed by atoms with Gasteiger partial charge in [-0.25, -0.2) is 8.42 Å². The third-order valence-corrected chi connectivity index (χ3v) is 5.97. The fourth-order valence-electron chi connectivity index (χ4n) is 3.09. The molecule has 0 aliphatic carbocycles. The molecule has 3 rings (SSSR count). The summed E-state index contributed by atoms with van der Waals surface area (Å²) < 4.78 is 36.4. The number of anilines is 1. The number of nitrogens with zero attached hydrogens (tertiary/aromatic N) is 1. The number of hydrogen-bond acceptors (Lipinski definition) is 5. The number of rotatable bonds is 7. The number of sulfonamides is 1. The van der Waals surface area contributed by atoms with E-state index in [1.165, 1.54) is 6.07 Å². The first kappa shape index (κ1) is 21.3. The zero-order valence-electron chi connectivity index (χ0n) is 16.2. The smallest absolute Gasteiger partial charge is 0.263 e. The predicted molar refractivity (Wildman–Crippen MR) is 112 cm³/mol. The minimum atomic E-state index is -3.59. The van der Waals surface area contributed by atoms with E-state index in [1.54, 1.807) is 19.2 Å². The van der Waals surface area contributed by atoms with Gasteiger partial charge in [-0.2, -0.15) is 0 Å². The molecule has 1 aliphatic heterocycles. The Morgan fingerprint density at radius 3 is 2.66 bits per heavy atom. The largest absolute Gasteiger partial charge is 0.497 e. The lowest BCUT2D eigenvalue weighted by Gasteiger charge is -2.34. The molecule has 0 spiro atoms. The summed E-state index contributed by atoms with van der Waals surface area (Å²) in [5.74, 6) is 0.756. The van der Waals surface area contributed by atoms with E-state index >= 15 is 0 Å². The number of fused-ring (bicyclic) bond motifs is 1. The van der Waals surface area contributed by atoms with Crippen LogP contribution < -0.4 is 19.1 Å². The summed E-state index contributed by atoms with van der Waals surface area (Å²) in [6, 6.07) is 12.4. The van der Waals surface area contributed by atoms with Crippen molar-refractivity contribution in [2.24, 2.45) is 0 Å². The monoisotopic (exact) mass is 438 g/mol. The van der Waals surface area contributed by atoms with E-state index < -0.39 is 16.1 Å². The van der Waals surface area contributed by atoms with Gasteiger partial charge in [-0.15, -0.1) is 0 Å². The van der Waals surface area contributed by atoms with E-state index in [0.717, 1.165) is 34.7 Å². The molecular formula is C20H23ClN2O5S. The van der Waals surface area contributed by atoms with Gasteiger partial charge in [0.15, 0.2) is 6.10 Å². The van der Waals surface area contributed by atoms with E-state index in [4.69, 9.17) is 21.1 Å². The van der Waals surface area contributed by atoms with E-state index in [0.29, 0.717) is 23.0 Å². The molecule has 2 aromatic carbocycles. The second-order valence-corrected chi connectivity index (χ2v) is 9.10. The van der Waals surface area contributed by atoms with Gasteiger partial charge in [-0.1, -0.05) is 23.7 Å². The normalized spacial score (nSPS) is 16.0. The number of methoxy groups -OCH3 is 1. The Hall–Kier alpha value is -2.45. The number of benzene rings is 2. The van der Waals surface area contributed by atoms with Crippen LogP contribution in [0.4, 0.5) is 5.69 Å². The molecule has 0 saturated heterocycles. The fourth-order valence-corrected chi connectivity index (χ4v) is 4.16. The van der Waals surface area contributed by atoms with Gasteiger partial charge in [0.2, 0.25) is 10.0 Å². The molecule has 0 unspecified atom stereocenters. The molecule has 1 amide bonds. The van der Waals surface area contributed by atoms with Crippen LogP contribution in [-0.2, 0) is 21.2 Å². The first-order valence-electron chi connectivity index (χ1n) is 9.12. The number of hydrogen-bond donors (Lipinski definition) is 1. The number of halogens is 1. The van der Waals surface area contributed by atoms with Crippen LogP contribution in [0.2, 0.25) is 5.02 Å². The zero-order chi connectivity index (χ0) is 21.0. The molecule has 156 valence electrons. The SMILES string of the molecule is COc1ccc(CCCNC(=O)[C@@H]2CN(S(C)(=O)=O)c3cc(Cl)ccc3O2)cc1. The molecule has 1 N–H and O–H groups in total. The Bertz CT molecular complexity index is 979. The van der Waals surface area contributed by atoms with E-state index in [2.05, 4.69) is 5.32 Å². The molecule has 2 aromatic rings. The van der Waals surface area contributed by atoms with Crippen LogP contribution in [0.1, 0.15) is 12.0 Å². The lowest BCUT2D eigenvalue weighted by Crippen LogP contribution is -2.50. The van der Waals surface area contributed by atoms with Gasteiger partial charge >= 0.3 is 0 Å². The van der Waals surface area contributed by atoms with Crippen LogP contribution in [0.5, 0.6) is 11.5 Å². The molecule has 1 atom stereocenters. The summed E-state index contributed by atoms with van der Waals surface area (Å²) >= 11 is 5.98. The van der Waals surface area contributed by atoms with Crippen LogP contribution in [-0.4, -0.2) is 46.9 Å². The van der Waals surface area contributed by atoms with Gasteiger partial charge in [0.1, 0.15) is 11.5 Å². The molecule has 0 saturated carbocycles. The molecule has 9 heteroatoms. The van der Waals surface area contributed by atoms with Crippen molar-refractivity contribution in [3.63, 3.8) is 0 Å². The maximum Gasteiger partial charge on any atom is 0.263 e. The van der Waals surface area contributed by atoms with Crippen molar-refractivity contribution in [1.82, 2.24) is 5.32 Å². The average molecular weight is 439 g/mol. The fraction of sp³-hybridized carbons (Fsp3) is 0.350. The molecule has 29 heavy (non-hydrogen) atoms. The van der Waals surface area contributed by atoms with Crippen LogP contribution in [0.3, 0.4) is 0 Å². The van der Waals surface area contributed by atoms with Crippen molar-refractivity contribution >= 4 is 33.2 Å². The topological polar surface area (TPSA) is 84.9 Å². The van der Waals surface area contributed by atoms with Crippen molar-refractivity contribution in [3.8, 4) is 11.5 Å². The van der Waals surface area contributed by atoms with E-state index in [1.807, 2.05) is 24.3 Å². The maximum atomic E-state index is 12.5. The summed E-state index contributed by atoms with van der Waals surface area (Å²) in [4.78, 5) is 12.5. The highest BCUT2D eigenvalue weighted by molar-refractivity contribution is 7.92. The Morgan fingerprint density at radius 1 is 1.28 bits per heavy atom. The number of aryl methyl sites for hydroxylation is 1. The molecule has 0 aromatic heterocycles. The first-order valence-corrected chi connectivity index (χ1v) is 11.3. The average Bonchev–Trinajstić information content (AvgIpc) is 2.70. The van der Waals surface area contributed by atoms with Gasteiger partial charge in [-0.3, -0.25) is 9.10 Å². The Morgan fingerprint density at radius 2 is 2.00 bits per heavy atom. The number of carbonyl (C=O) groups excluding carboxylic acids is 1. The number of nitrogens with one attached hydrogen (secondary N) is 1. The van der Waals surface area contributed by atoms with Crippen LogP contribution in [0, 0.1) is 0 Å². The van der Waals surface area contributed by atoms with E-state index in [-0.39, 0.29) is 12.5 Å². The highest BCUT2D eigenvalue weighted by atomic mass is 35.5. The highest BCUT2D eigenvalue weighted by Gasteiger charge is 2.35. The maximum absolute atomic E-state index is 12.5. The van der Waals surface area contributed by atoms with Crippen LogP contribution in [0.25, 0.3) is 0 Å². The van der Waals surface area contributed by atoms with Crippen molar-refractivity contribution in [2.75, 3.05) is 30.8 Å². The lowest BCUT2D eigenvalue weighted by atomic mass is 10.1. The van der Waals surface area contributed by atoms with Gasteiger partial charge < -0.3 is 14.8 Å². The lowest BCUT2D eigenvalue weighted by molar-refractivity contribution is -0.127. The molecule has 0 fully saturated rings. The summed E-state index contributed by atoms with van der Waals surface area (Å²) in [6.07, 6.45) is 1.70. The predicted octanol–water partition coefficient (Wildman–Crippen LogP) is 2.62. The number of carbonyl (C=O) groups is 1. The van der Waals surface area contributed by atoms with Gasteiger partial charge in [-0.05, 0) is 48.7 Å². The third-order valence-electron chi connectivity index (χ3n) is 4.58. The third kappa shape index (κ3) is 5.33.